The first-order chi connectivity index (χ1) is 17.4. The van der Waals surface area contributed by atoms with Gasteiger partial charge in [0.25, 0.3) is 0 Å². The Morgan fingerprint density at radius 1 is 1.06 bits per heavy atom. The standard InChI is InChI=1S/C23H32N8O3S2/c1-15-18(14-29-4-6-31(7-5-29)36(32,33)17-2-3-17)35-20-19(15)27-21(16-12-25-23(24)26-13-16)28-22(20)30-8-10-34-11-9-30/h12-13,15,17-18H,2-11,14H2,1H3,(H2,24,25,26). The number of nitrogen functional groups attached to an aromatic ring is 1. The molecule has 194 valence electrons. The van der Waals surface area contributed by atoms with E-state index in [1.807, 2.05) is 11.8 Å². The number of fused-ring (bicyclic) bond motifs is 1. The Bertz CT molecular complexity index is 1210. The Labute approximate surface area is 215 Å². The lowest BCUT2D eigenvalue weighted by Crippen LogP contribution is -2.51. The second-order valence-corrected chi connectivity index (χ2v) is 13.4. The van der Waals surface area contributed by atoms with Crippen LogP contribution in [0.4, 0.5) is 11.8 Å². The summed E-state index contributed by atoms with van der Waals surface area (Å²) in [4.78, 5) is 24.1. The van der Waals surface area contributed by atoms with Crippen LogP contribution in [0.5, 0.6) is 0 Å². The second-order valence-electron chi connectivity index (χ2n) is 9.90. The van der Waals surface area contributed by atoms with Crippen LogP contribution in [0.1, 0.15) is 31.4 Å². The number of sulfonamides is 1. The van der Waals surface area contributed by atoms with Gasteiger partial charge in [-0.1, -0.05) is 6.92 Å². The minimum atomic E-state index is -3.10. The topological polar surface area (TPSA) is 131 Å². The van der Waals surface area contributed by atoms with Gasteiger partial charge in [-0.15, -0.1) is 11.8 Å². The maximum atomic E-state index is 12.6. The number of morpholine rings is 1. The van der Waals surface area contributed by atoms with Gasteiger partial charge in [0.1, 0.15) is 5.82 Å². The van der Waals surface area contributed by atoms with E-state index in [1.165, 1.54) is 0 Å². The number of nitrogens with two attached hydrogens (primary N) is 1. The van der Waals surface area contributed by atoms with Crippen LogP contribution in [0.2, 0.25) is 0 Å². The Kier molecular flexibility index (Phi) is 6.53. The van der Waals surface area contributed by atoms with Gasteiger partial charge < -0.3 is 15.4 Å². The summed E-state index contributed by atoms with van der Waals surface area (Å²) in [6, 6.07) is 0. The van der Waals surface area contributed by atoms with Gasteiger partial charge in [0.2, 0.25) is 16.0 Å². The molecule has 5 heterocycles. The number of nitrogens with zero attached hydrogens (tertiary/aromatic N) is 7. The van der Waals surface area contributed by atoms with Crippen molar-refractivity contribution in [3.8, 4) is 11.4 Å². The minimum absolute atomic E-state index is 0.137. The van der Waals surface area contributed by atoms with E-state index in [0.29, 0.717) is 37.4 Å². The zero-order valence-corrected chi connectivity index (χ0v) is 22.0. The summed E-state index contributed by atoms with van der Waals surface area (Å²) in [6.45, 7) is 8.75. The summed E-state index contributed by atoms with van der Waals surface area (Å²) in [7, 11) is -3.10. The number of hydrogen-bond donors (Lipinski definition) is 1. The monoisotopic (exact) mass is 532 g/mol. The highest BCUT2D eigenvalue weighted by molar-refractivity contribution is 8.00. The summed E-state index contributed by atoms with van der Waals surface area (Å²) in [5.41, 5.74) is 7.50. The molecule has 2 saturated heterocycles. The van der Waals surface area contributed by atoms with Crippen LogP contribution < -0.4 is 10.6 Å². The fraction of sp³-hybridized carbons (Fsp3) is 0.652. The SMILES string of the molecule is CC1c2nc(-c3cnc(N)nc3)nc(N3CCOCC3)c2SC1CN1CCN(S(=O)(=O)C2CC2)CC1. The average Bonchev–Trinajstić information content (AvgIpc) is 3.71. The molecule has 0 bridgehead atoms. The molecular formula is C23H32N8O3S2. The molecule has 13 heteroatoms. The first kappa shape index (κ1) is 24.3. The van der Waals surface area contributed by atoms with Crippen molar-refractivity contribution in [3.63, 3.8) is 0 Å². The van der Waals surface area contributed by atoms with Crippen LogP contribution in [0.15, 0.2) is 17.3 Å². The first-order valence-electron chi connectivity index (χ1n) is 12.6. The number of ether oxygens (including phenoxy) is 1. The van der Waals surface area contributed by atoms with Gasteiger partial charge in [-0.2, -0.15) is 4.31 Å². The molecule has 0 amide bonds. The van der Waals surface area contributed by atoms with Crippen molar-refractivity contribution in [1.29, 1.82) is 0 Å². The Hall–Kier alpha value is -2.06. The van der Waals surface area contributed by atoms with Crippen LogP contribution >= 0.6 is 11.8 Å². The van der Waals surface area contributed by atoms with Gasteiger partial charge in [0.15, 0.2) is 5.82 Å². The van der Waals surface area contributed by atoms with E-state index >= 15 is 0 Å². The summed E-state index contributed by atoms with van der Waals surface area (Å²) >= 11 is 1.85. The summed E-state index contributed by atoms with van der Waals surface area (Å²) in [6.07, 6.45) is 4.97. The Morgan fingerprint density at radius 3 is 2.42 bits per heavy atom. The zero-order chi connectivity index (χ0) is 24.9. The molecule has 36 heavy (non-hydrogen) atoms. The van der Waals surface area contributed by atoms with E-state index in [0.717, 1.165) is 67.5 Å². The van der Waals surface area contributed by atoms with E-state index in [9.17, 15) is 8.42 Å². The molecule has 3 fully saturated rings. The van der Waals surface area contributed by atoms with Gasteiger partial charge in [0.05, 0.1) is 34.6 Å². The van der Waals surface area contributed by atoms with Crippen molar-refractivity contribution in [3.05, 3.63) is 18.1 Å². The molecule has 0 radical (unpaired) electrons. The lowest BCUT2D eigenvalue weighted by Gasteiger charge is -2.35. The lowest BCUT2D eigenvalue weighted by molar-refractivity contribution is 0.122. The van der Waals surface area contributed by atoms with Gasteiger partial charge in [-0.3, -0.25) is 4.90 Å². The highest BCUT2D eigenvalue weighted by Gasteiger charge is 2.42. The molecule has 2 unspecified atom stereocenters. The molecule has 4 aliphatic rings. The van der Waals surface area contributed by atoms with Crippen LogP contribution in [0.25, 0.3) is 11.4 Å². The Morgan fingerprint density at radius 2 is 1.75 bits per heavy atom. The fourth-order valence-corrected chi connectivity index (χ4v) is 8.45. The van der Waals surface area contributed by atoms with E-state index in [2.05, 4.69) is 26.7 Å². The van der Waals surface area contributed by atoms with Crippen LogP contribution in [-0.2, 0) is 14.8 Å². The molecule has 1 saturated carbocycles. The molecule has 0 aromatic carbocycles. The van der Waals surface area contributed by atoms with Gasteiger partial charge in [-0.05, 0) is 12.8 Å². The molecular weight excluding hydrogens is 500 g/mol. The minimum Gasteiger partial charge on any atom is -0.378 e. The zero-order valence-electron chi connectivity index (χ0n) is 20.4. The van der Waals surface area contributed by atoms with Crippen LogP contribution in [0.3, 0.4) is 0 Å². The number of rotatable bonds is 6. The molecule has 2 N–H and O–H groups in total. The smallest absolute Gasteiger partial charge is 0.219 e. The van der Waals surface area contributed by atoms with Crippen LogP contribution in [0, 0.1) is 0 Å². The number of hydrogen-bond acceptors (Lipinski definition) is 11. The molecule has 11 nitrogen and oxygen atoms in total. The van der Waals surface area contributed by atoms with Gasteiger partial charge in [0, 0.05) is 69.4 Å². The Balaban J connectivity index is 1.22. The number of thioether (sulfide) groups is 1. The molecule has 1 aliphatic carbocycles. The highest BCUT2D eigenvalue weighted by atomic mass is 32.2. The summed E-state index contributed by atoms with van der Waals surface area (Å²) < 4.78 is 32.5. The third-order valence-corrected chi connectivity index (χ3v) is 11.3. The predicted molar refractivity (Wildman–Crippen MR) is 139 cm³/mol. The maximum Gasteiger partial charge on any atom is 0.219 e. The second kappa shape index (κ2) is 9.67. The molecule has 3 aliphatic heterocycles. The quantitative estimate of drug-likeness (QED) is 0.572. The van der Waals surface area contributed by atoms with Gasteiger partial charge >= 0.3 is 0 Å². The van der Waals surface area contributed by atoms with Crippen LogP contribution in [-0.4, -0.2) is 107 Å². The largest absolute Gasteiger partial charge is 0.378 e. The van der Waals surface area contributed by atoms with E-state index in [4.69, 9.17) is 20.4 Å². The van der Waals surface area contributed by atoms with E-state index in [1.54, 1.807) is 16.7 Å². The maximum absolute atomic E-state index is 12.6. The van der Waals surface area contributed by atoms with Crippen molar-refractivity contribution >= 4 is 33.6 Å². The molecule has 2 aromatic rings. The number of piperazine rings is 1. The van der Waals surface area contributed by atoms with E-state index < -0.39 is 10.0 Å². The fourth-order valence-electron chi connectivity index (χ4n) is 5.07. The van der Waals surface area contributed by atoms with E-state index in [-0.39, 0.29) is 17.1 Å². The van der Waals surface area contributed by atoms with Crippen molar-refractivity contribution in [2.45, 2.75) is 41.1 Å². The predicted octanol–water partition coefficient (Wildman–Crippen LogP) is 1.04. The third-order valence-electron chi connectivity index (χ3n) is 7.45. The van der Waals surface area contributed by atoms with Gasteiger partial charge in [-0.25, -0.2) is 28.4 Å². The average molecular weight is 533 g/mol. The van der Waals surface area contributed by atoms with Crippen molar-refractivity contribution in [1.82, 2.24) is 29.1 Å². The lowest BCUT2D eigenvalue weighted by atomic mass is 10.0. The molecule has 0 spiro atoms. The normalized spacial score (nSPS) is 25.8. The third kappa shape index (κ3) is 4.67. The first-order valence-corrected chi connectivity index (χ1v) is 15.0. The molecule has 2 atom stereocenters. The summed E-state index contributed by atoms with van der Waals surface area (Å²) in [5.74, 6) is 2.02. The molecule has 6 rings (SSSR count). The highest BCUT2D eigenvalue weighted by Crippen LogP contribution is 2.49. The number of anilines is 2. The molecule has 2 aromatic heterocycles. The van der Waals surface area contributed by atoms with Crippen molar-refractivity contribution in [2.24, 2.45) is 0 Å². The van der Waals surface area contributed by atoms with Crippen molar-refractivity contribution < 1.29 is 13.2 Å². The number of aromatic nitrogens is 4. The van der Waals surface area contributed by atoms with Crippen molar-refractivity contribution in [2.75, 3.05) is 69.7 Å². The summed E-state index contributed by atoms with van der Waals surface area (Å²) in [5, 5.41) is 0.181.